The Morgan fingerprint density at radius 3 is 2.50 bits per heavy atom. The molecule has 1 fully saturated rings. The van der Waals surface area contributed by atoms with Crippen molar-refractivity contribution < 1.29 is 18.9 Å². The van der Waals surface area contributed by atoms with Crippen molar-refractivity contribution in [2.45, 2.75) is 0 Å². The summed E-state index contributed by atoms with van der Waals surface area (Å²) >= 11 is 0. The van der Waals surface area contributed by atoms with Crippen LogP contribution in [-0.4, -0.2) is 40.4 Å². The van der Waals surface area contributed by atoms with Crippen LogP contribution in [0, 0.1) is 11.2 Å². The van der Waals surface area contributed by atoms with E-state index in [0.717, 1.165) is 5.56 Å². The summed E-state index contributed by atoms with van der Waals surface area (Å²) in [6.45, 7) is 1.95. The first-order valence-electron chi connectivity index (χ1n) is 5.54. The zero-order valence-electron chi connectivity index (χ0n) is 9.78. The van der Waals surface area contributed by atoms with Gasteiger partial charge >= 0.3 is 0 Å². The zero-order valence-corrected chi connectivity index (χ0v) is 10.6. The number of nitrogens with zero attached hydrogens (tertiary/aromatic N) is 1. The molecule has 1 aromatic carbocycles. The molecular weight excluding hydrogens is 254 g/mol. The summed E-state index contributed by atoms with van der Waals surface area (Å²) < 4.78 is 21.2. The van der Waals surface area contributed by atoms with E-state index in [1.165, 1.54) is 0 Å². The zero-order chi connectivity index (χ0) is 12.8. The molecule has 1 aliphatic heterocycles. The van der Waals surface area contributed by atoms with E-state index < -0.39 is 10.8 Å². The molecule has 1 unspecified atom stereocenters. The van der Waals surface area contributed by atoms with E-state index in [-0.39, 0.29) is 0 Å². The minimum atomic E-state index is -2.93. The minimum absolute atomic E-state index is 0.482. The Kier molecular flexibility index (Phi) is 4.60. The quantitative estimate of drug-likeness (QED) is 0.488. The maximum absolute atomic E-state index is 10.2. The summed E-state index contributed by atoms with van der Waals surface area (Å²) in [4.78, 5) is 0. The molecule has 0 saturated carbocycles. The summed E-state index contributed by atoms with van der Waals surface area (Å²) in [5.74, 6) is 2.80. The van der Waals surface area contributed by atoms with Crippen LogP contribution >= 0.6 is 10.8 Å². The molecule has 1 heterocycles. The molecule has 1 atom stereocenters. The van der Waals surface area contributed by atoms with Gasteiger partial charge in [0.25, 0.3) is 0 Å². The van der Waals surface area contributed by atoms with Crippen molar-refractivity contribution in [3.8, 4) is 11.2 Å². The third kappa shape index (κ3) is 3.23. The molecular formula is C12H15NO4S. The van der Waals surface area contributed by atoms with Gasteiger partial charge in [-0.2, -0.15) is 4.31 Å². The Morgan fingerprint density at radius 1 is 1.22 bits per heavy atom. The minimum Gasteiger partial charge on any atom is -0.379 e. The fraction of sp³-hybridized carbons (Fsp3) is 0.333. The topological polar surface area (TPSA) is 62.2 Å². The van der Waals surface area contributed by atoms with Crippen LogP contribution in [0.4, 0.5) is 0 Å². The van der Waals surface area contributed by atoms with Gasteiger partial charge in [-0.25, -0.2) is 5.26 Å². The molecule has 2 N–H and O–H groups in total. The predicted octanol–water partition coefficient (Wildman–Crippen LogP) is 1.93. The van der Waals surface area contributed by atoms with Gasteiger partial charge in [0.1, 0.15) is 0 Å². The lowest BCUT2D eigenvalue weighted by molar-refractivity contribution is -0.138. The molecule has 0 amide bonds. The monoisotopic (exact) mass is 269 g/mol. The predicted molar refractivity (Wildman–Crippen MR) is 69.6 cm³/mol. The highest BCUT2D eigenvalue weighted by molar-refractivity contribution is 8.27. The second kappa shape index (κ2) is 6.20. The van der Waals surface area contributed by atoms with Gasteiger partial charge in [-0.05, 0) is 28.8 Å². The number of morpholine rings is 1. The van der Waals surface area contributed by atoms with E-state index in [2.05, 4.69) is 15.5 Å². The first-order chi connectivity index (χ1) is 8.74. The van der Waals surface area contributed by atoms with Crippen LogP contribution in [0.1, 0.15) is 5.56 Å². The van der Waals surface area contributed by atoms with Crippen molar-refractivity contribution >= 4 is 10.8 Å². The Bertz CT molecular complexity index is 438. The summed E-state index contributed by atoms with van der Waals surface area (Å²) in [7, 11) is -2.93. The van der Waals surface area contributed by atoms with Gasteiger partial charge in [0, 0.05) is 18.7 Å². The molecule has 0 bridgehead atoms. The highest BCUT2D eigenvalue weighted by Gasteiger charge is 2.26. The molecule has 0 aliphatic carbocycles. The largest absolute Gasteiger partial charge is 0.379 e. The first-order valence-corrected chi connectivity index (χ1v) is 7.01. The Labute approximate surface area is 108 Å². The van der Waals surface area contributed by atoms with E-state index in [1.807, 2.05) is 30.3 Å². The van der Waals surface area contributed by atoms with Crippen LogP contribution in [-0.2, 0) is 9.07 Å². The van der Waals surface area contributed by atoms with Crippen molar-refractivity contribution in [2.24, 2.45) is 0 Å². The van der Waals surface area contributed by atoms with E-state index in [4.69, 9.17) is 9.99 Å². The van der Waals surface area contributed by atoms with Crippen molar-refractivity contribution in [1.82, 2.24) is 4.31 Å². The second-order valence-corrected chi connectivity index (χ2v) is 5.57. The molecule has 1 aromatic rings. The number of hydrogen-bond acceptors (Lipinski definition) is 5. The Morgan fingerprint density at radius 2 is 1.89 bits per heavy atom. The average molecular weight is 269 g/mol. The standard InChI is InChI=1S/C12H15NO4S/c14-17-18(15,13-7-9-16-10-8-13)11-6-12-4-2-1-3-5-12/h1-5,14-15H,7-10H2. The molecule has 2 rings (SSSR count). The van der Waals surface area contributed by atoms with Crippen LogP contribution in [0.2, 0.25) is 0 Å². The highest BCUT2D eigenvalue weighted by atomic mass is 32.3. The van der Waals surface area contributed by atoms with Crippen LogP contribution < -0.4 is 0 Å². The molecule has 5 nitrogen and oxygen atoms in total. The molecule has 18 heavy (non-hydrogen) atoms. The molecule has 6 heteroatoms. The molecule has 1 saturated heterocycles. The maximum Gasteiger partial charge on any atom is 0.0611 e. The van der Waals surface area contributed by atoms with Crippen molar-refractivity contribution in [1.29, 1.82) is 0 Å². The average Bonchev–Trinajstić information content (AvgIpc) is 2.47. The van der Waals surface area contributed by atoms with Gasteiger partial charge in [0.05, 0.1) is 18.5 Å². The lowest BCUT2D eigenvalue weighted by Crippen LogP contribution is -2.38. The van der Waals surface area contributed by atoms with Crippen LogP contribution in [0.5, 0.6) is 0 Å². The van der Waals surface area contributed by atoms with E-state index in [9.17, 15) is 4.55 Å². The normalized spacial score (nSPS) is 21.4. The van der Waals surface area contributed by atoms with Gasteiger partial charge in [-0.1, -0.05) is 22.5 Å². The van der Waals surface area contributed by atoms with Gasteiger partial charge < -0.3 is 4.74 Å². The molecule has 98 valence electrons. The van der Waals surface area contributed by atoms with E-state index in [0.29, 0.717) is 26.3 Å². The fourth-order valence-corrected chi connectivity index (χ4v) is 2.73. The fourth-order valence-electron chi connectivity index (χ4n) is 1.57. The summed E-state index contributed by atoms with van der Waals surface area (Å²) in [5.41, 5.74) is 0.758. The van der Waals surface area contributed by atoms with Crippen LogP contribution in [0.15, 0.2) is 30.3 Å². The maximum atomic E-state index is 10.2. The number of benzene rings is 1. The van der Waals surface area contributed by atoms with Crippen LogP contribution in [0.3, 0.4) is 0 Å². The van der Waals surface area contributed by atoms with Crippen molar-refractivity contribution in [3.63, 3.8) is 0 Å². The molecule has 0 radical (unpaired) electrons. The molecule has 0 aromatic heterocycles. The van der Waals surface area contributed by atoms with E-state index >= 15 is 0 Å². The Balaban J connectivity index is 2.15. The van der Waals surface area contributed by atoms with Gasteiger partial charge in [-0.15, -0.1) is 0 Å². The van der Waals surface area contributed by atoms with E-state index in [1.54, 1.807) is 4.31 Å². The SMILES string of the molecule is OOS(O)(C#Cc1ccccc1)N1CCOCC1. The van der Waals surface area contributed by atoms with Crippen molar-refractivity contribution in [2.75, 3.05) is 26.3 Å². The van der Waals surface area contributed by atoms with Gasteiger partial charge in [0.15, 0.2) is 0 Å². The van der Waals surface area contributed by atoms with Gasteiger partial charge in [-0.3, -0.25) is 4.55 Å². The number of rotatable bonds is 2. The summed E-state index contributed by atoms with van der Waals surface area (Å²) in [6, 6.07) is 9.24. The van der Waals surface area contributed by atoms with Crippen LogP contribution in [0.25, 0.3) is 0 Å². The highest BCUT2D eigenvalue weighted by Crippen LogP contribution is 2.46. The second-order valence-electron chi connectivity index (χ2n) is 3.71. The van der Waals surface area contributed by atoms with Gasteiger partial charge in [0.2, 0.25) is 0 Å². The van der Waals surface area contributed by atoms with Crippen molar-refractivity contribution in [3.05, 3.63) is 35.9 Å². The third-order valence-electron chi connectivity index (χ3n) is 2.53. The number of ether oxygens (including phenoxy) is 1. The lowest BCUT2D eigenvalue weighted by Gasteiger charge is -2.40. The molecule has 1 aliphatic rings. The lowest BCUT2D eigenvalue weighted by atomic mass is 10.2. The summed E-state index contributed by atoms with van der Waals surface area (Å²) in [5, 5.41) is 11.5. The smallest absolute Gasteiger partial charge is 0.0611 e. The molecule has 0 spiro atoms. The third-order valence-corrected chi connectivity index (χ3v) is 4.17. The Hall–Kier alpha value is -1.07. The summed E-state index contributed by atoms with van der Waals surface area (Å²) in [6.07, 6.45) is 0. The first kappa shape index (κ1) is 13.4. The number of hydrogen-bond donors (Lipinski definition) is 2.